The molecule has 1 amide bonds. The Hall–Kier alpha value is -4.32. The summed E-state index contributed by atoms with van der Waals surface area (Å²) in [6.07, 6.45) is 1.34. The summed E-state index contributed by atoms with van der Waals surface area (Å²) in [5, 5.41) is 11.6. The molecule has 0 spiro atoms. The summed E-state index contributed by atoms with van der Waals surface area (Å²) in [5.41, 5.74) is -1.73. The quantitative estimate of drug-likeness (QED) is 0.268. The molecule has 0 aliphatic rings. The number of fused-ring (bicyclic) bond motifs is 1. The van der Waals surface area contributed by atoms with Crippen molar-refractivity contribution < 1.29 is 35.5 Å². The standard InChI is InChI=1S/C26H22F2N4O6S2/c1-2-13-39(35,36)31-22-11-10-21(27)23(24(22)28)26(34)30-18-14-17-15-19(7-6-12-33)32(25(17)29-16-18)40(37,38)20-8-4-3-5-9-20/h3-5,8-11,14-16,31,33H,2,12-13H2,1H3,(H,30,34). The zero-order valence-corrected chi connectivity index (χ0v) is 22.5. The Morgan fingerprint density at radius 1 is 1.07 bits per heavy atom. The lowest BCUT2D eigenvalue weighted by Crippen LogP contribution is -2.20. The lowest BCUT2D eigenvalue weighted by molar-refractivity contribution is 0.101. The monoisotopic (exact) mass is 588 g/mol. The molecule has 4 aromatic rings. The van der Waals surface area contributed by atoms with Gasteiger partial charge in [0.05, 0.1) is 28.2 Å². The molecule has 4 rings (SSSR count). The van der Waals surface area contributed by atoms with Crippen LogP contribution >= 0.6 is 0 Å². The highest BCUT2D eigenvalue weighted by molar-refractivity contribution is 7.92. The predicted molar refractivity (Wildman–Crippen MR) is 145 cm³/mol. The zero-order valence-electron chi connectivity index (χ0n) is 20.9. The Kier molecular flexibility index (Phi) is 8.19. The lowest BCUT2D eigenvalue weighted by atomic mass is 10.1. The number of carbonyl (C=O) groups excluding carboxylic acids is 1. The number of aliphatic hydroxyl groups excluding tert-OH is 1. The van der Waals surface area contributed by atoms with Crippen molar-refractivity contribution in [2.75, 3.05) is 22.4 Å². The minimum Gasteiger partial charge on any atom is -0.384 e. The molecular weight excluding hydrogens is 566 g/mol. The maximum Gasteiger partial charge on any atom is 0.270 e. The molecule has 10 nitrogen and oxygen atoms in total. The van der Waals surface area contributed by atoms with Gasteiger partial charge in [0.2, 0.25) is 10.0 Å². The Morgan fingerprint density at radius 2 is 1.80 bits per heavy atom. The second-order valence-corrected chi connectivity index (χ2v) is 12.0. The van der Waals surface area contributed by atoms with Crippen molar-refractivity contribution in [3.8, 4) is 11.8 Å². The van der Waals surface area contributed by atoms with Gasteiger partial charge in [0.25, 0.3) is 15.9 Å². The molecule has 0 bridgehead atoms. The number of pyridine rings is 1. The van der Waals surface area contributed by atoms with Crippen molar-refractivity contribution in [3.05, 3.63) is 83.7 Å². The van der Waals surface area contributed by atoms with Crippen LogP contribution in [0, 0.1) is 23.5 Å². The summed E-state index contributed by atoms with van der Waals surface area (Å²) in [6.45, 7) is 1.07. The van der Waals surface area contributed by atoms with Crippen LogP contribution in [0.5, 0.6) is 0 Å². The number of benzene rings is 2. The maximum atomic E-state index is 15.0. The number of nitrogens with zero attached hydrogens (tertiary/aromatic N) is 2. The number of rotatable bonds is 8. The molecule has 208 valence electrons. The second-order valence-electron chi connectivity index (χ2n) is 8.37. The molecule has 2 aromatic carbocycles. The van der Waals surface area contributed by atoms with Gasteiger partial charge >= 0.3 is 0 Å². The molecule has 2 heterocycles. The number of amides is 1. The molecule has 0 fully saturated rings. The van der Waals surface area contributed by atoms with Crippen molar-refractivity contribution >= 4 is 48.4 Å². The van der Waals surface area contributed by atoms with Gasteiger partial charge in [0.15, 0.2) is 11.5 Å². The second kappa shape index (κ2) is 11.4. The number of hydrogen-bond donors (Lipinski definition) is 3. The Morgan fingerprint density at radius 3 is 2.48 bits per heavy atom. The Labute approximate surface area is 228 Å². The fourth-order valence-corrected chi connectivity index (χ4v) is 6.40. The topological polar surface area (TPSA) is 147 Å². The van der Waals surface area contributed by atoms with Crippen LogP contribution in [-0.2, 0) is 20.0 Å². The third-order valence-electron chi connectivity index (χ3n) is 5.49. The van der Waals surface area contributed by atoms with Gasteiger partial charge in [-0.25, -0.2) is 34.6 Å². The summed E-state index contributed by atoms with van der Waals surface area (Å²) >= 11 is 0. The summed E-state index contributed by atoms with van der Waals surface area (Å²) in [5.74, 6) is 0.776. The fourth-order valence-electron chi connectivity index (χ4n) is 3.82. The van der Waals surface area contributed by atoms with Crippen molar-refractivity contribution in [2.45, 2.75) is 18.2 Å². The molecule has 0 saturated heterocycles. The van der Waals surface area contributed by atoms with Gasteiger partial charge in [-0.05, 0) is 48.7 Å². The molecular formula is C26H22F2N4O6S2. The number of anilines is 2. The summed E-state index contributed by atoms with van der Waals surface area (Å²) in [4.78, 5) is 16.9. The van der Waals surface area contributed by atoms with Gasteiger partial charge in [0, 0.05) is 5.39 Å². The molecule has 0 atom stereocenters. The molecule has 0 aliphatic carbocycles. The van der Waals surface area contributed by atoms with Gasteiger partial charge in [-0.2, -0.15) is 0 Å². The molecule has 2 aromatic heterocycles. The smallest absolute Gasteiger partial charge is 0.270 e. The molecule has 14 heteroatoms. The maximum absolute atomic E-state index is 15.0. The normalized spacial score (nSPS) is 11.6. The largest absolute Gasteiger partial charge is 0.384 e. The molecule has 40 heavy (non-hydrogen) atoms. The van der Waals surface area contributed by atoms with E-state index in [-0.39, 0.29) is 39.5 Å². The van der Waals surface area contributed by atoms with Gasteiger partial charge in [-0.15, -0.1) is 0 Å². The minimum atomic E-state index is -4.17. The number of hydrogen-bond acceptors (Lipinski definition) is 7. The molecule has 0 unspecified atom stereocenters. The third-order valence-corrected chi connectivity index (χ3v) is 8.68. The van der Waals surface area contributed by atoms with Gasteiger partial charge in [0.1, 0.15) is 23.7 Å². The predicted octanol–water partition coefficient (Wildman–Crippen LogP) is 3.30. The number of nitrogens with one attached hydrogen (secondary N) is 2. The van der Waals surface area contributed by atoms with E-state index in [1.165, 1.54) is 24.3 Å². The molecule has 3 N–H and O–H groups in total. The summed E-state index contributed by atoms with van der Waals surface area (Å²) in [7, 11) is -8.09. The van der Waals surface area contributed by atoms with Gasteiger partial charge < -0.3 is 10.4 Å². The van der Waals surface area contributed by atoms with Gasteiger partial charge in [-0.3, -0.25) is 9.52 Å². The molecule has 0 saturated carbocycles. The number of sulfonamides is 1. The van der Waals surface area contributed by atoms with Crippen molar-refractivity contribution in [1.29, 1.82) is 0 Å². The highest BCUT2D eigenvalue weighted by Crippen LogP contribution is 2.27. The fraction of sp³-hybridized carbons (Fsp3) is 0.154. The van der Waals surface area contributed by atoms with E-state index in [2.05, 4.69) is 22.1 Å². The Balaban J connectivity index is 1.73. The third kappa shape index (κ3) is 5.81. The SMILES string of the molecule is CCCS(=O)(=O)Nc1ccc(F)c(C(=O)Nc2cnc3c(c2)cc(C#CCO)n3S(=O)(=O)c2ccccc2)c1F. The van der Waals surface area contributed by atoms with Crippen molar-refractivity contribution in [1.82, 2.24) is 8.96 Å². The Bertz CT molecular complexity index is 1880. The van der Waals surface area contributed by atoms with Crippen LogP contribution in [0.15, 0.2) is 65.7 Å². The van der Waals surface area contributed by atoms with Crippen LogP contribution in [0.3, 0.4) is 0 Å². The highest BCUT2D eigenvalue weighted by Gasteiger charge is 2.25. The van der Waals surface area contributed by atoms with E-state index >= 15 is 4.39 Å². The van der Waals surface area contributed by atoms with Crippen LogP contribution in [0.25, 0.3) is 11.0 Å². The van der Waals surface area contributed by atoms with Gasteiger partial charge in [-0.1, -0.05) is 31.0 Å². The average molecular weight is 589 g/mol. The van der Waals surface area contributed by atoms with Crippen LogP contribution in [0.2, 0.25) is 0 Å². The number of halogens is 2. The first-order chi connectivity index (χ1) is 19.0. The van der Waals surface area contributed by atoms with E-state index in [0.29, 0.717) is 0 Å². The van der Waals surface area contributed by atoms with E-state index in [1.807, 2.05) is 4.72 Å². The molecule has 0 radical (unpaired) electrons. The van der Waals surface area contributed by atoms with E-state index in [1.54, 1.807) is 25.1 Å². The van der Waals surface area contributed by atoms with E-state index < -0.39 is 55.4 Å². The van der Waals surface area contributed by atoms with E-state index in [4.69, 9.17) is 5.11 Å². The van der Waals surface area contributed by atoms with Crippen LogP contribution in [0.4, 0.5) is 20.2 Å². The minimum absolute atomic E-state index is 0.0203. The van der Waals surface area contributed by atoms with Crippen LogP contribution < -0.4 is 10.0 Å². The zero-order chi connectivity index (χ0) is 29.1. The van der Waals surface area contributed by atoms with Crippen LogP contribution in [-0.4, -0.2) is 49.2 Å². The summed E-state index contributed by atoms with van der Waals surface area (Å²) in [6, 6.07) is 11.8. The summed E-state index contributed by atoms with van der Waals surface area (Å²) < 4.78 is 83.2. The molecule has 0 aliphatic heterocycles. The van der Waals surface area contributed by atoms with Crippen molar-refractivity contribution in [2.24, 2.45) is 0 Å². The first-order valence-electron chi connectivity index (χ1n) is 11.7. The average Bonchev–Trinajstić information content (AvgIpc) is 3.28. The number of carbonyl (C=O) groups is 1. The van der Waals surface area contributed by atoms with Crippen LogP contribution in [0.1, 0.15) is 29.4 Å². The van der Waals surface area contributed by atoms with E-state index in [9.17, 15) is 26.0 Å². The number of aromatic nitrogens is 2. The lowest BCUT2D eigenvalue weighted by Gasteiger charge is -2.12. The van der Waals surface area contributed by atoms with E-state index in [0.717, 1.165) is 22.3 Å². The van der Waals surface area contributed by atoms with Crippen molar-refractivity contribution in [3.63, 3.8) is 0 Å². The first kappa shape index (κ1) is 28.7. The highest BCUT2D eigenvalue weighted by atomic mass is 32.2. The number of aliphatic hydroxyl groups is 1. The first-order valence-corrected chi connectivity index (χ1v) is 14.8.